The van der Waals surface area contributed by atoms with Crippen LogP contribution >= 0.6 is 0 Å². The van der Waals surface area contributed by atoms with E-state index in [0.29, 0.717) is 0 Å². The van der Waals surface area contributed by atoms with Gasteiger partial charge in [-0.25, -0.2) is 9.97 Å². The summed E-state index contributed by atoms with van der Waals surface area (Å²) in [7, 11) is 3.61. The highest BCUT2D eigenvalue weighted by atomic mass is 35.5. The zero-order chi connectivity index (χ0) is 13.9. The van der Waals surface area contributed by atoms with Crippen molar-refractivity contribution in [2.24, 2.45) is 0 Å². The quantitative estimate of drug-likeness (QED) is 0.589. The molecule has 7 heteroatoms. The topological polar surface area (TPSA) is 69.4 Å². The molecule has 0 bridgehead atoms. The molecule has 110 valence electrons. The molecule has 0 saturated heterocycles. The molecule has 6 nitrogen and oxygen atoms in total. The molecule has 2 N–H and O–H groups in total. The van der Waals surface area contributed by atoms with Crippen molar-refractivity contribution < 1.29 is 22.5 Å². The molecule has 0 fully saturated rings. The Morgan fingerprint density at radius 3 is 2.57 bits per heavy atom. The van der Waals surface area contributed by atoms with Crippen LogP contribution in [0.2, 0.25) is 0 Å². The second kappa shape index (κ2) is 6.51. The monoisotopic (exact) mass is 305 g/mol. The summed E-state index contributed by atoms with van der Waals surface area (Å²) in [5.74, 6) is 1.72. The second-order valence-electron chi connectivity index (χ2n) is 4.44. The Kier molecular flexibility index (Phi) is 4.72. The van der Waals surface area contributed by atoms with E-state index >= 15 is 0 Å². The molecule has 3 rings (SSSR count). The van der Waals surface area contributed by atoms with Gasteiger partial charge in [-0.15, -0.1) is 0 Å². The maximum atomic E-state index is 5.16. The smallest absolute Gasteiger partial charge is 0.255 e. The summed E-state index contributed by atoms with van der Waals surface area (Å²) in [5, 5.41) is 1.94. The highest BCUT2D eigenvalue weighted by Crippen LogP contribution is 2.16. The number of aromatic nitrogens is 4. The number of benzene rings is 1. The molecule has 0 radical (unpaired) electrons. The number of halogens is 1. The molecule has 21 heavy (non-hydrogen) atoms. The largest absolute Gasteiger partial charge is 1.00 e. The lowest BCUT2D eigenvalue weighted by atomic mass is 10.2. The fraction of sp³-hybridized carbons (Fsp3) is 0.214. The first kappa shape index (κ1) is 15.2. The third kappa shape index (κ3) is 2.96. The zero-order valence-corrected chi connectivity index (χ0v) is 12.6. The van der Waals surface area contributed by atoms with Crippen molar-refractivity contribution >= 4 is 17.0 Å². The van der Waals surface area contributed by atoms with Crippen molar-refractivity contribution in [3.05, 3.63) is 42.5 Å². The lowest BCUT2D eigenvalue weighted by Crippen LogP contribution is -3.00. The Bertz CT molecular complexity index is 726. The van der Waals surface area contributed by atoms with Gasteiger partial charge < -0.3 is 21.7 Å². The fourth-order valence-electron chi connectivity index (χ4n) is 2.15. The van der Waals surface area contributed by atoms with Crippen LogP contribution < -0.4 is 22.5 Å². The van der Waals surface area contributed by atoms with Gasteiger partial charge in [-0.1, -0.05) is 12.1 Å². The lowest BCUT2D eigenvalue weighted by Gasteiger charge is -2.05. The highest BCUT2D eigenvalue weighted by Gasteiger charge is 2.11. The van der Waals surface area contributed by atoms with Crippen molar-refractivity contribution in [2.45, 2.75) is 6.54 Å². The molecule has 0 aliphatic rings. The molecule has 0 unspecified atom stereocenters. The van der Waals surface area contributed by atoms with Gasteiger partial charge in [0.05, 0.1) is 27.0 Å². The first-order valence-electron chi connectivity index (χ1n) is 6.40. The minimum Gasteiger partial charge on any atom is -1.00 e. The number of nitrogens with two attached hydrogens (primary N) is 1. The van der Waals surface area contributed by atoms with Crippen LogP contribution in [0.3, 0.4) is 0 Å². The maximum absolute atomic E-state index is 5.16. The molecule has 0 atom stereocenters. The van der Waals surface area contributed by atoms with E-state index in [1.165, 1.54) is 5.56 Å². The van der Waals surface area contributed by atoms with Crippen LogP contribution in [-0.4, -0.2) is 33.7 Å². The van der Waals surface area contributed by atoms with Gasteiger partial charge in [-0.05, 0) is 17.7 Å². The number of imidazole rings is 1. The van der Waals surface area contributed by atoms with Gasteiger partial charge in [-0.2, -0.15) is 4.98 Å². The van der Waals surface area contributed by atoms with Crippen LogP contribution in [0.5, 0.6) is 5.75 Å². The first-order valence-corrected chi connectivity index (χ1v) is 6.40. The van der Waals surface area contributed by atoms with Crippen molar-refractivity contribution in [1.82, 2.24) is 19.5 Å². The van der Waals surface area contributed by atoms with Crippen LogP contribution in [0.1, 0.15) is 5.56 Å². The summed E-state index contributed by atoms with van der Waals surface area (Å²) in [6.07, 6.45) is 3.38. The highest BCUT2D eigenvalue weighted by molar-refractivity contribution is 5.78. The molecular weight excluding hydrogens is 290 g/mol. The standard InChI is InChI=1S/C14H15N5O.ClH/c1-15-13-12-14(17-8-16-13)19(9-18-12)7-10-3-5-11(20-2)6-4-10;/h3-6,8-9H,7H2,1-2H3,(H,15,16,17);1H. The minimum absolute atomic E-state index is 0. The molecule has 0 aliphatic heterocycles. The summed E-state index contributed by atoms with van der Waals surface area (Å²) in [6.45, 7) is 0.723. The molecule has 0 amide bonds. The Morgan fingerprint density at radius 2 is 1.90 bits per heavy atom. The van der Waals surface area contributed by atoms with E-state index in [4.69, 9.17) is 4.74 Å². The third-order valence-electron chi connectivity index (χ3n) is 3.21. The SMILES string of the molecule is C[NH2+]c1ncnc2c1ncn2Cc1ccc(OC)cc1.[Cl-]. The van der Waals surface area contributed by atoms with Crippen molar-refractivity contribution in [2.75, 3.05) is 14.2 Å². The first-order chi connectivity index (χ1) is 9.81. The van der Waals surface area contributed by atoms with Gasteiger partial charge in [0.2, 0.25) is 0 Å². The average Bonchev–Trinajstić information content (AvgIpc) is 2.91. The van der Waals surface area contributed by atoms with Gasteiger partial charge in [0.25, 0.3) is 5.82 Å². The molecule has 3 aromatic rings. The van der Waals surface area contributed by atoms with E-state index in [2.05, 4.69) is 15.0 Å². The summed E-state index contributed by atoms with van der Waals surface area (Å²) >= 11 is 0. The fourth-order valence-corrected chi connectivity index (χ4v) is 2.15. The number of hydrogen-bond acceptors (Lipinski definition) is 4. The second-order valence-corrected chi connectivity index (χ2v) is 4.44. The molecule has 1 aromatic carbocycles. The zero-order valence-electron chi connectivity index (χ0n) is 11.8. The Hall–Kier alpha value is -2.18. The number of nitrogens with zero attached hydrogens (tertiary/aromatic N) is 4. The molecule has 2 heterocycles. The summed E-state index contributed by atoms with van der Waals surface area (Å²) in [5.41, 5.74) is 2.86. The number of hydrogen-bond donors (Lipinski definition) is 1. The van der Waals surface area contributed by atoms with E-state index in [1.54, 1.807) is 19.8 Å². The Labute approximate surface area is 128 Å². The van der Waals surface area contributed by atoms with Crippen LogP contribution in [-0.2, 0) is 6.54 Å². The summed E-state index contributed by atoms with van der Waals surface area (Å²) < 4.78 is 7.18. The normalized spacial score (nSPS) is 10.4. The van der Waals surface area contributed by atoms with E-state index in [0.717, 1.165) is 29.3 Å². The van der Waals surface area contributed by atoms with E-state index in [9.17, 15) is 0 Å². The number of ether oxygens (including phenoxy) is 1. The Balaban J connectivity index is 0.00000161. The van der Waals surface area contributed by atoms with Crippen molar-refractivity contribution in [1.29, 1.82) is 0 Å². The van der Waals surface area contributed by atoms with Gasteiger partial charge in [0.15, 0.2) is 11.2 Å². The summed E-state index contributed by atoms with van der Waals surface area (Å²) in [6, 6.07) is 7.99. The van der Waals surface area contributed by atoms with Gasteiger partial charge in [0.1, 0.15) is 12.1 Å². The maximum Gasteiger partial charge on any atom is 0.255 e. The lowest BCUT2D eigenvalue weighted by molar-refractivity contribution is -0.541. The minimum atomic E-state index is 0. The summed E-state index contributed by atoms with van der Waals surface area (Å²) in [4.78, 5) is 12.9. The molecule has 0 aliphatic carbocycles. The predicted molar refractivity (Wildman–Crippen MR) is 74.9 cm³/mol. The van der Waals surface area contributed by atoms with Crippen LogP contribution in [0, 0.1) is 0 Å². The van der Waals surface area contributed by atoms with E-state index < -0.39 is 0 Å². The number of rotatable bonds is 4. The average molecular weight is 306 g/mol. The van der Waals surface area contributed by atoms with Crippen molar-refractivity contribution in [3.8, 4) is 5.75 Å². The van der Waals surface area contributed by atoms with Crippen LogP contribution in [0.4, 0.5) is 5.82 Å². The molecule has 2 aromatic heterocycles. The molecular formula is C14H16ClN5O. The number of fused-ring (bicyclic) bond motifs is 1. The number of methoxy groups -OCH3 is 1. The van der Waals surface area contributed by atoms with Crippen molar-refractivity contribution in [3.63, 3.8) is 0 Å². The Morgan fingerprint density at radius 1 is 1.14 bits per heavy atom. The van der Waals surface area contributed by atoms with E-state index in [1.807, 2.05) is 41.2 Å². The van der Waals surface area contributed by atoms with Crippen LogP contribution in [0.15, 0.2) is 36.9 Å². The predicted octanol–water partition coefficient (Wildman–Crippen LogP) is -2.29. The van der Waals surface area contributed by atoms with Gasteiger partial charge in [-0.3, -0.25) is 5.32 Å². The van der Waals surface area contributed by atoms with Gasteiger partial charge >= 0.3 is 0 Å². The van der Waals surface area contributed by atoms with Gasteiger partial charge in [0, 0.05) is 0 Å². The molecule has 0 saturated carbocycles. The number of quaternary nitrogens is 1. The van der Waals surface area contributed by atoms with Crippen LogP contribution in [0.25, 0.3) is 11.2 Å². The third-order valence-corrected chi connectivity index (χ3v) is 3.21. The molecule has 0 spiro atoms. The van der Waals surface area contributed by atoms with E-state index in [-0.39, 0.29) is 12.4 Å².